The molecule has 0 aliphatic heterocycles. The third kappa shape index (κ3) is 2.16. The van der Waals surface area contributed by atoms with E-state index in [1.165, 1.54) is 44.1 Å². The van der Waals surface area contributed by atoms with E-state index in [0.29, 0.717) is 10.2 Å². The van der Waals surface area contributed by atoms with Crippen molar-refractivity contribution in [3.63, 3.8) is 0 Å². The third-order valence-corrected chi connectivity index (χ3v) is 7.90. The van der Waals surface area contributed by atoms with Gasteiger partial charge in [0.25, 0.3) is 0 Å². The van der Waals surface area contributed by atoms with Gasteiger partial charge in [-0.1, -0.05) is 39.1 Å². The van der Waals surface area contributed by atoms with Crippen LogP contribution in [0.5, 0.6) is 0 Å². The zero-order valence-electron chi connectivity index (χ0n) is 11.4. The van der Waals surface area contributed by atoms with Gasteiger partial charge >= 0.3 is 0 Å². The van der Waals surface area contributed by atoms with Crippen molar-refractivity contribution in [2.24, 2.45) is 23.2 Å². The van der Waals surface area contributed by atoms with Gasteiger partial charge < -0.3 is 0 Å². The highest BCUT2D eigenvalue weighted by atomic mass is 79.9. The molecule has 1 atom stereocenters. The second kappa shape index (κ2) is 4.89. The normalized spacial score (nSPS) is 40.0. The van der Waals surface area contributed by atoms with Gasteiger partial charge in [0.1, 0.15) is 0 Å². The molecule has 0 N–H and O–H groups in total. The molecule has 4 bridgehead atoms. The van der Waals surface area contributed by atoms with E-state index >= 15 is 0 Å². The van der Waals surface area contributed by atoms with Crippen molar-refractivity contribution in [3.05, 3.63) is 33.8 Å². The predicted octanol–water partition coefficient (Wildman–Crippen LogP) is 6.65. The zero-order valence-corrected chi connectivity index (χ0v) is 14.5. The first-order chi connectivity index (χ1) is 9.56. The summed E-state index contributed by atoms with van der Waals surface area (Å²) >= 11 is 16.6. The molecule has 4 aliphatic carbocycles. The fourth-order valence-electron chi connectivity index (χ4n) is 5.53. The van der Waals surface area contributed by atoms with Gasteiger partial charge in [0.15, 0.2) is 0 Å². The van der Waals surface area contributed by atoms with E-state index in [1.807, 2.05) is 12.1 Å². The van der Waals surface area contributed by atoms with E-state index in [-0.39, 0.29) is 0 Å². The maximum atomic E-state index is 6.44. The molecule has 0 aromatic heterocycles. The van der Waals surface area contributed by atoms with Gasteiger partial charge in [-0.3, -0.25) is 0 Å². The fraction of sp³-hybridized carbons (Fsp3) is 0.647. The molecule has 1 aromatic rings. The summed E-state index contributed by atoms with van der Waals surface area (Å²) in [5.74, 6) is 2.87. The molecule has 4 aliphatic rings. The maximum Gasteiger partial charge on any atom is 0.0467 e. The minimum Gasteiger partial charge on any atom is -0.0843 e. The zero-order chi connectivity index (χ0) is 13.9. The smallest absolute Gasteiger partial charge is 0.0467 e. The number of halogens is 3. The number of rotatable bonds is 2. The first-order valence-electron chi connectivity index (χ1n) is 7.65. The summed E-state index contributed by atoms with van der Waals surface area (Å²) in [6.45, 7) is 0. The summed E-state index contributed by atoms with van der Waals surface area (Å²) in [6, 6.07) is 5.88. The quantitative estimate of drug-likeness (QED) is 0.509. The second-order valence-electron chi connectivity index (χ2n) is 7.31. The molecule has 4 saturated carbocycles. The molecule has 4 fully saturated rings. The van der Waals surface area contributed by atoms with Crippen LogP contribution in [0.4, 0.5) is 0 Å². The van der Waals surface area contributed by atoms with Crippen molar-refractivity contribution >= 4 is 39.1 Å². The van der Waals surface area contributed by atoms with E-state index in [2.05, 4.69) is 22.0 Å². The Labute approximate surface area is 139 Å². The van der Waals surface area contributed by atoms with E-state index < -0.39 is 0 Å². The SMILES string of the molecule is Clc1ccc(Cl)c(C(Br)C23CC4CC(CC(C4)C2)C3)c1. The minimum atomic E-state index is 0.356. The Kier molecular flexibility index (Phi) is 3.40. The summed E-state index contributed by atoms with van der Waals surface area (Å²) < 4.78 is 0. The Morgan fingerprint density at radius 3 is 2.10 bits per heavy atom. The van der Waals surface area contributed by atoms with Crippen molar-refractivity contribution in [2.75, 3.05) is 0 Å². The monoisotopic (exact) mass is 372 g/mol. The lowest BCUT2D eigenvalue weighted by atomic mass is 9.48. The molecular formula is C17H19BrCl2. The average Bonchev–Trinajstić information content (AvgIpc) is 2.39. The van der Waals surface area contributed by atoms with Gasteiger partial charge in [-0.2, -0.15) is 0 Å². The highest BCUT2D eigenvalue weighted by Gasteiger charge is 2.54. The van der Waals surface area contributed by atoms with Gasteiger partial charge in [-0.25, -0.2) is 0 Å². The van der Waals surface area contributed by atoms with E-state index in [4.69, 9.17) is 23.2 Å². The van der Waals surface area contributed by atoms with Crippen LogP contribution in [0.25, 0.3) is 0 Å². The molecule has 20 heavy (non-hydrogen) atoms. The molecule has 0 heterocycles. The number of hydrogen-bond acceptors (Lipinski definition) is 0. The molecule has 108 valence electrons. The molecule has 0 radical (unpaired) electrons. The van der Waals surface area contributed by atoms with E-state index in [0.717, 1.165) is 27.8 Å². The predicted molar refractivity (Wildman–Crippen MR) is 88.7 cm³/mol. The van der Waals surface area contributed by atoms with Gasteiger partial charge in [0.05, 0.1) is 0 Å². The molecule has 1 aromatic carbocycles. The highest BCUT2D eigenvalue weighted by molar-refractivity contribution is 9.09. The average molecular weight is 374 g/mol. The third-order valence-electron chi connectivity index (χ3n) is 5.85. The van der Waals surface area contributed by atoms with Gasteiger partial charge in [-0.15, -0.1) is 0 Å². The molecule has 0 nitrogen and oxygen atoms in total. The summed E-state index contributed by atoms with van der Waals surface area (Å²) in [7, 11) is 0. The van der Waals surface area contributed by atoms with Crippen LogP contribution in [-0.4, -0.2) is 0 Å². The molecule has 0 amide bonds. The van der Waals surface area contributed by atoms with Crippen LogP contribution in [0.15, 0.2) is 18.2 Å². The largest absolute Gasteiger partial charge is 0.0843 e. The molecule has 1 unspecified atom stereocenters. The lowest BCUT2D eigenvalue weighted by Crippen LogP contribution is -2.47. The molecular weight excluding hydrogens is 355 g/mol. The summed E-state index contributed by atoms with van der Waals surface area (Å²) in [5.41, 5.74) is 1.62. The van der Waals surface area contributed by atoms with Gasteiger partial charge in [-0.05, 0) is 85.5 Å². The first-order valence-corrected chi connectivity index (χ1v) is 9.32. The van der Waals surface area contributed by atoms with Crippen LogP contribution in [0.1, 0.15) is 48.9 Å². The Morgan fingerprint density at radius 1 is 1.00 bits per heavy atom. The van der Waals surface area contributed by atoms with Crippen LogP contribution in [0, 0.1) is 23.2 Å². The fourth-order valence-corrected chi connectivity index (χ4v) is 7.01. The lowest BCUT2D eigenvalue weighted by Gasteiger charge is -2.58. The summed E-state index contributed by atoms with van der Waals surface area (Å²) in [6.07, 6.45) is 8.54. The Morgan fingerprint density at radius 2 is 1.55 bits per heavy atom. The van der Waals surface area contributed by atoms with E-state index in [1.54, 1.807) is 0 Å². The Hall–Kier alpha value is 0.280. The number of alkyl halides is 1. The first kappa shape index (κ1) is 13.9. The molecule has 0 spiro atoms. The molecule has 0 saturated heterocycles. The van der Waals surface area contributed by atoms with Crippen molar-refractivity contribution in [3.8, 4) is 0 Å². The number of benzene rings is 1. The van der Waals surface area contributed by atoms with Crippen LogP contribution in [0.3, 0.4) is 0 Å². The van der Waals surface area contributed by atoms with Crippen molar-refractivity contribution < 1.29 is 0 Å². The minimum absolute atomic E-state index is 0.356. The van der Waals surface area contributed by atoms with Crippen molar-refractivity contribution in [1.29, 1.82) is 0 Å². The van der Waals surface area contributed by atoms with Crippen molar-refractivity contribution in [1.82, 2.24) is 0 Å². The highest BCUT2D eigenvalue weighted by Crippen LogP contribution is 2.66. The summed E-state index contributed by atoms with van der Waals surface area (Å²) in [5, 5.41) is 1.64. The topological polar surface area (TPSA) is 0 Å². The Bertz CT molecular complexity index is 505. The van der Waals surface area contributed by atoms with Crippen molar-refractivity contribution in [2.45, 2.75) is 43.4 Å². The van der Waals surface area contributed by atoms with E-state index in [9.17, 15) is 0 Å². The van der Waals surface area contributed by atoms with Crippen LogP contribution in [0.2, 0.25) is 10.0 Å². The lowest BCUT2D eigenvalue weighted by molar-refractivity contribution is -0.0528. The summed E-state index contributed by atoms with van der Waals surface area (Å²) in [4.78, 5) is 0.356. The standard InChI is InChI=1S/C17H19BrCl2/c18-16(14-6-13(19)1-2-15(14)20)17-7-10-3-11(8-17)5-12(4-10)9-17/h1-2,6,10-12,16H,3-5,7-9H2. The maximum absolute atomic E-state index is 6.44. The van der Waals surface area contributed by atoms with Crippen LogP contribution >= 0.6 is 39.1 Å². The number of hydrogen-bond donors (Lipinski definition) is 0. The van der Waals surface area contributed by atoms with Crippen LogP contribution < -0.4 is 0 Å². The van der Waals surface area contributed by atoms with Gasteiger partial charge in [0.2, 0.25) is 0 Å². The second-order valence-corrected chi connectivity index (χ2v) is 9.07. The molecule has 5 rings (SSSR count). The van der Waals surface area contributed by atoms with Gasteiger partial charge in [0, 0.05) is 14.9 Å². The molecule has 3 heteroatoms. The van der Waals surface area contributed by atoms with Crippen LogP contribution in [-0.2, 0) is 0 Å². The Balaban J connectivity index is 1.71.